The molecule has 0 aromatic carbocycles. The molecule has 0 fully saturated rings. The molecule has 0 radical (unpaired) electrons. The number of rotatable bonds is 52. The topological polar surface area (TPSA) is 332 Å². The van der Waals surface area contributed by atoms with Gasteiger partial charge in [0, 0.05) is 31.5 Å². The van der Waals surface area contributed by atoms with Gasteiger partial charge < -0.3 is 72.9 Å². The van der Waals surface area contributed by atoms with E-state index in [1.54, 1.807) is 69.2 Å². The summed E-state index contributed by atoms with van der Waals surface area (Å²) in [6, 6.07) is 0. The van der Waals surface area contributed by atoms with Crippen LogP contribution >= 0.6 is 0 Å². The second-order valence-electron chi connectivity index (χ2n) is 25.0. The van der Waals surface area contributed by atoms with Gasteiger partial charge in [-0.05, 0) is 112 Å². The third-order valence-electron chi connectivity index (χ3n) is 15.3. The molecule has 0 amide bonds. The van der Waals surface area contributed by atoms with E-state index < -0.39 is 146 Å². The normalized spacial score (nSPS) is 14.0. The minimum absolute atomic E-state index is 0.0194. The fourth-order valence-corrected chi connectivity index (χ4v) is 8.89. The molecule has 0 aliphatic rings. The van der Waals surface area contributed by atoms with E-state index in [9.17, 15) is 68.4 Å². The lowest BCUT2D eigenvalue weighted by Crippen LogP contribution is -2.35. The van der Waals surface area contributed by atoms with Crippen molar-refractivity contribution in [2.75, 3.05) is 99.7 Å². The number of carbonyl (C=O) groups is 10. The Morgan fingerprint density at radius 3 is 1.07 bits per heavy atom. The molecule has 0 aromatic heterocycles. The molecule has 4 N–H and O–H groups in total. The van der Waals surface area contributed by atoms with Crippen LogP contribution in [-0.2, 0) is 85.8 Å². The number of hydrogen-bond acceptors (Lipinski definition) is 24. The van der Waals surface area contributed by atoms with Crippen molar-refractivity contribution in [2.24, 2.45) is 34.0 Å². The number of methoxy groups -OCH3 is 2. The van der Waals surface area contributed by atoms with Gasteiger partial charge in [-0.3, -0.25) is 43.2 Å². The molecular formula is C63H110N2O22. The molecule has 24 nitrogen and oxygen atoms in total. The van der Waals surface area contributed by atoms with Crippen LogP contribution < -0.4 is 0 Å². The van der Waals surface area contributed by atoms with Crippen molar-refractivity contribution in [3.05, 3.63) is 0 Å². The smallest absolute Gasteiger partial charge is 0.311 e. The molecular weight excluding hydrogens is 1140 g/mol. The summed E-state index contributed by atoms with van der Waals surface area (Å²) in [4.78, 5) is 128. The van der Waals surface area contributed by atoms with Crippen LogP contribution in [0.2, 0.25) is 0 Å². The van der Waals surface area contributed by atoms with Crippen LogP contribution in [0.1, 0.15) is 191 Å². The summed E-state index contributed by atoms with van der Waals surface area (Å²) < 4.78 is 41.4. The number of nitrogens with zero attached hydrogens (tertiary/aromatic N) is 2. The van der Waals surface area contributed by atoms with Gasteiger partial charge in [-0.15, -0.1) is 0 Å². The van der Waals surface area contributed by atoms with Crippen LogP contribution in [0.3, 0.4) is 0 Å². The molecule has 0 aromatic rings. The van der Waals surface area contributed by atoms with Crippen LogP contribution in [0, 0.1) is 34.0 Å². The average molecular weight is 1250 g/mol. The number of aliphatic hydroxyl groups excluding tert-OH is 4. The third-order valence-corrected chi connectivity index (χ3v) is 15.3. The summed E-state index contributed by atoms with van der Waals surface area (Å²) >= 11 is 0. The van der Waals surface area contributed by atoms with Gasteiger partial charge in [0.05, 0.1) is 62.1 Å². The minimum Gasteiger partial charge on any atom is -0.469 e. The highest BCUT2D eigenvalue weighted by atomic mass is 16.6. The fraction of sp³-hybridized carbons (Fsp3) is 0.841. The molecule has 0 saturated carbocycles. The van der Waals surface area contributed by atoms with Crippen molar-refractivity contribution in [1.82, 2.24) is 9.80 Å². The van der Waals surface area contributed by atoms with E-state index in [2.05, 4.69) is 4.90 Å². The Labute approximate surface area is 517 Å². The Kier molecular flexibility index (Phi) is 42.5. The van der Waals surface area contributed by atoms with Gasteiger partial charge in [0.2, 0.25) is 0 Å². The molecule has 0 spiro atoms. The summed E-state index contributed by atoms with van der Waals surface area (Å²) in [7, 11) is 2.59. The van der Waals surface area contributed by atoms with Gasteiger partial charge in [-0.2, -0.15) is 0 Å². The third kappa shape index (κ3) is 39.5. The van der Waals surface area contributed by atoms with Crippen molar-refractivity contribution in [3.63, 3.8) is 0 Å². The van der Waals surface area contributed by atoms with Crippen molar-refractivity contribution in [3.8, 4) is 0 Å². The zero-order chi connectivity index (χ0) is 66.2. The average Bonchev–Trinajstić information content (AvgIpc) is 3.64. The number of esters is 8. The van der Waals surface area contributed by atoms with E-state index >= 15 is 0 Å². The van der Waals surface area contributed by atoms with Crippen molar-refractivity contribution in [1.29, 1.82) is 0 Å². The van der Waals surface area contributed by atoms with E-state index in [1.165, 1.54) is 14.2 Å². The molecule has 0 heterocycles. The predicted octanol–water partition coefficient (Wildman–Crippen LogP) is 5.83. The minimum atomic E-state index is -1.33. The molecule has 0 rings (SSSR count). The zero-order valence-corrected chi connectivity index (χ0v) is 54.6. The summed E-state index contributed by atoms with van der Waals surface area (Å²) in [5, 5.41) is 40.7. The van der Waals surface area contributed by atoms with Crippen LogP contribution in [0.15, 0.2) is 0 Å². The van der Waals surface area contributed by atoms with Gasteiger partial charge in [-0.1, -0.05) is 73.1 Å². The molecule has 6 unspecified atom stereocenters. The molecule has 0 aliphatic carbocycles. The summed E-state index contributed by atoms with van der Waals surface area (Å²) in [5.74, 6) is -6.27. The molecule has 504 valence electrons. The number of ether oxygens (including phenoxy) is 8. The van der Waals surface area contributed by atoms with E-state index in [0.717, 1.165) is 44.9 Å². The van der Waals surface area contributed by atoms with E-state index in [4.69, 9.17) is 37.9 Å². The number of hydrogen-bond donors (Lipinski definition) is 4. The number of aliphatic hydroxyl groups is 4. The van der Waals surface area contributed by atoms with E-state index in [-0.39, 0.29) is 43.9 Å². The van der Waals surface area contributed by atoms with Crippen molar-refractivity contribution >= 4 is 59.3 Å². The Hall–Kier alpha value is -5.14. The van der Waals surface area contributed by atoms with E-state index in [1.807, 2.05) is 4.90 Å². The van der Waals surface area contributed by atoms with Gasteiger partial charge in [-0.25, -0.2) is 0 Å². The van der Waals surface area contributed by atoms with Gasteiger partial charge in [0.25, 0.3) is 0 Å². The monoisotopic (exact) mass is 1250 g/mol. The van der Waals surface area contributed by atoms with Crippen LogP contribution in [-0.4, -0.2) is 208 Å². The second-order valence-corrected chi connectivity index (χ2v) is 25.0. The second kappa shape index (κ2) is 45.2. The Balaban J connectivity index is 5.80. The number of Topliss-reactive ketones (excluding diaryl/α,β-unsaturated/α-hetero) is 2. The molecule has 0 saturated heterocycles. The highest BCUT2D eigenvalue weighted by Crippen LogP contribution is 2.29. The Morgan fingerprint density at radius 1 is 0.391 bits per heavy atom. The SMILES string of the molecule is COC(=O)C(C)(C)CCC(C)C(=O)OCC(O)COC(=O)CCN(CCCCCCCCCC(C)=O)CCCN(CCC(=O)OCC(O)COC(=O)C(C)CCCC(C)(C)C(=O)CO)CCC(=O)OCC(O)COC(=O)C(C)CCC(C)(C)C(=O)OC. The molecule has 0 aliphatic heterocycles. The quantitative estimate of drug-likeness (QED) is 0.0316. The lowest BCUT2D eigenvalue weighted by molar-refractivity contribution is -0.157. The summed E-state index contributed by atoms with van der Waals surface area (Å²) in [5.41, 5.74) is -2.35. The maximum atomic E-state index is 13.0. The van der Waals surface area contributed by atoms with Gasteiger partial charge in [0.15, 0.2) is 5.78 Å². The van der Waals surface area contributed by atoms with Gasteiger partial charge in [0.1, 0.15) is 70.3 Å². The molecule has 24 heteroatoms. The van der Waals surface area contributed by atoms with Crippen LogP contribution in [0.4, 0.5) is 0 Å². The lowest BCUT2D eigenvalue weighted by Gasteiger charge is -2.26. The number of carbonyl (C=O) groups excluding carboxylic acids is 10. The van der Waals surface area contributed by atoms with Gasteiger partial charge >= 0.3 is 47.8 Å². The maximum Gasteiger partial charge on any atom is 0.311 e. The first kappa shape index (κ1) is 81.9. The Morgan fingerprint density at radius 2 is 0.713 bits per heavy atom. The first-order valence-electron chi connectivity index (χ1n) is 31.1. The first-order valence-corrected chi connectivity index (χ1v) is 31.1. The number of ketones is 2. The first-order chi connectivity index (χ1) is 40.8. The van der Waals surface area contributed by atoms with Crippen molar-refractivity contribution < 1.29 is 106 Å². The Bertz CT molecular complexity index is 2060. The standard InChI is InChI=1S/C63H110N2O22/c1-45(22-20-29-61(5,6)52(71)38-66)56(75)85-42-49(68)39-83-54(73)27-36-65(37-28-55(74)84-41-51(70)44-87-58(77)47(3)25-31-63(9,10)60(79)81-12)34-21-33-64(32-19-17-15-13-14-16-18-23-48(4)67)35-26-53(72)82-40-50(69)43-86-57(76)46(2)24-30-62(7,8)59(78)80-11/h45-47,49-51,66,68-70H,13-44H2,1-12H3. The predicted molar refractivity (Wildman–Crippen MR) is 320 cm³/mol. The lowest BCUT2D eigenvalue weighted by atomic mass is 9.82. The molecule has 87 heavy (non-hydrogen) atoms. The largest absolute Gasteiger partial charge is 0.469 e. The van der Waals surface area contributed by atoms with Crippen LogP contribution in [0.25, 0.3) is 0 Å². The summed E-state index contributed by atoms with van der Waals surface area (Å²) in [6.07, 6.45) is 6.27. The molecule has 6 atom stereocenters. The zero-order valence-electron chi connectivity index (χ0n) is 54.6. The molecule has 0 bridgehead atoms. The highest BCUT2D eigenvalue weighted by Gasteiger charge is 2.32. The van der Waals surface area contributed by atoms with Crippen LogP contribution in [0.5, 0.6) is 0 Å². The highest BCUT2D eigenvalue weighted by molar-refractivity contribution is 5.85. The van der Waals surface area contributed by atoms with E-state index in [0.29, 0.717) is 84.0 Å². The fourth-order valence-electron chi connectivity index (χ4n) is 8.89. The van der Waals surface area contributed by atoms with Crippen molar-refractivity contribution in [2.45, 2.75) is 210 Å². The maximum absolute atomic E-state index is 13.0. The summed E-state index contributed by atoms with van der Waals surface area (Å²) in [6.45, 7) is 15.7. The number of unbranched alkanes of at least 4 members (excludes halogenated alkanes) is 6.